The van der Waals surface area contributed by atoms with Crippen molar-refractivity contribution in [3.63, 3.8) is 0 Å². The maximum Gasteiger partial charge on any atom is 0.254 e. The van der Waals surface area contributed by atoms with Gasteiger partial charge in [0, 0.05) is 11.8 Å². The molecule has 1 aromatic heterocycles. The quantitative estimate of drug-likeness (QED) is 0.920. The molecular formula is C14H12FN3O2. The number of carbonyl (C=O) groups is 1. The van der Waals surface area contributed by atoms with E-state index in [1.807, 2.05) is 0 Å². The molecule has 1 aliphatic rings. The van der Waals surface area contributed by atoms with Crippen molar-refractivity contribution >= 4 is 5.91 Å². The molecule has 5 nitrogen and oxygen atoms in total. The summed E-state index contributed by atoms with van der Waals surface area (Å²) in [6.07, 6.45) is 3.31. The van der Waals surface area contributed by atoms with Crippen LogP contribution in [0.4, 0.5) is 4.39 Å². The summed E-state index contributed by atoms with van der Waals surface area (Å²) in [4.78, 5) is 23.6. The van der Waals surface area contributed by atoms with Crippen molar-refractivity contribution in [3.05, 3.63) is 52.1 Å². The van der Waals surface area contributed by atoms with Gasteiger partial charge in [0.1, 0.15) is 17.1 Å². The summed E-state index contributed by atoms with van der Waals surface area (Å²) < 4.78 is 14.5. The van der Waals surface area contributed by atoms with Crippen molar-refractivity contribution < 1.29 is 9.18 Å². The first-order valence-corrected chi connectivity index (χ1v) is 6.25. The number of halogens is 1. The second-order valence-corrected chi connectivity index (χ2v) is 4.80. The number of aromatic nitrogens is 2. The van der Waals surface area contributed by atoms with E-state index >= 15 is 0 Å². The molecule has 1 aromatic carbocycles. The number of hydrogen-bond acceptors (Lipinski definition) is 3. The average molecular weight is 273 g/mol. The van der Waals surface area contributed by atoms with Crippen LogP contribution in [0.1, 0.15) is 29.2 Å². The van der Waals surface area contributed by atoms with Crippen LogP contribution in [0.25, 0.3) is 11.3 Å². The molecule has 0 radical (unpaired) electrons. The fourth-order valence-electron chi connectivity index (χ4n) is 2.01. The Morgan fingerprint density at radius 3 is 2.50 bits per heavy atom. The lowest BCUT2D eigenvalue weighted by Crippen LogP contribution is -2.26. The predicted octanol–water partition coefficient (Wildman–Crippen LogP) is 1.48. The van der Waals surface area contributed by atoms with Crippen molar-refractivity contribution in [1.82, 2.24) is 9.78 Å². The van der Waals surface area contributed by atoms with Crippen LogP contribution in [0.3, 0.4) is 0 Å². The second kappa shape index (κ2) is 4.56. The zero-order valence-electron chi connectivity index (χ0n) is 10.5. The molecule has 102 valence electrons. The zero-order valence-corrected chi connectivity index (χ0v) is 10.5. The maximum absolute atomic E-state index is 13.0. The summed E-state index contributed by atoms with van der Waals surface area (Å²) in [6, 6.07) is 5.61. The van der Waals surface area contributed by atoms with Crippen LogP contribution in [0.15, 0.2) is 35.3 Å². The van der Waals surface area contributed by atoms with E-state index in [2.05, 4.69) is 5.10 Å². The largest absolute Gasteiger partial charge is 0.365 e. The highest BCUT2D eigenvalue weighted by Crippen LogP contribution is 2.34. The first-order valence-electron chi connectivity index (χ1n) is 6.25. The number of primary amides is 1. The Labute approximate surface area is 113 Å². The molecule has 3 rings (SSSR count). The molecule has 1 heterocycles. The van der Waals surface area contributed by atoms with E-state index in [1.165, 1.54) is 30.5 Å². The summed E-state index contributed by atoms with van der Waals surface area (Å²) >= 11 is 0. The minimum atomic E-state index is -0.782. The lowest BCUT2D eigenvalue weighted by Gasteiger charge is -2.08. The minimum absolute atomic E-state index is 0.0915. The Morgan fingerprint density at radius 2 is 1.95 bits per heavy atom. The van der Waals surface area contributed by atoms with Crippen LogP contribution in [-0.2, 0) is 0 Å². The van der Waals surface area contributed by atoms with Gasteiger partial charge in [0.25, 0.3) is 5.91 Å². The second-order valence-electron chi connectivity index (χ2n) is 4.80. The number of nitrogens with two attached hydrogens (primary N) is 1. The zero-order chi connectivity index (χ0) is 14.3. The highest BCUT2D eigenvalue weighted by Gasteiger charge is 2.26. The third-order valence-corrected chi connectivity index (χ3v) is 3.24. The van der Waals surface area contributed by atoms with E-state index in [0.717, 1.165) is 12.8 Å². The van der Waals surface area contributed by atoms with Gasteiger partial charge < -0.3 is 5.73 Å². The standard InChI is InChI=1S/C14H12FN3O2/c15-9-3-1-8(2-4-9)12-13(19)11(14(16)20)7-18(17-12)10-5-6-10/h1-4,7,10H,5-6H2,(H2,16,20). The molecule has 1 fully saturated rings. The topological polar surface area (TPSA) is 78.0 Å². The first-order chi connectivity index (χ1) is 9.56. The summed E-state index contributed by atoms with van der Waals surface area (Å²) in [5, 5.41) is 4.25. The molecule has 0 saturated heterocycles. The average Bonchev–Trinajstić information content (AvgIpc) is 3.24. The molecular weight excluding hydrogens is 261 g/mol. The fraction of sp³-hybridized carbons (Fsp3) is 0.214. The molecule has 1 aliphatic carbocycles. The SMILES string of the molecule is NC(=O)c1cn(C2CC2)nc(-c2ccc(F)cc2)c1=O. The van der Waals surface area contributed by atoms with Crippen molar-refractivity contribution in [2.24, 2.45) is 5.73 Å². The summed E-state index contributed by atoms with van der Waals surface area (Å²) in [5.41, 5.74) is 5.20. The number of carbonyl (C=O) groups excluding carboxylic acids is 1. The Hall–Kier alpha value is -2.50. The molecule has 2 aromatic rings. The fourth-order valence-corrected chi connectivity index (χ4v) is 2.01. The Bertz CT molecular complexity index is 733. The van der Waals surface area contributed by atoms with Crippen LogP contribution in [0.5, 0.6) is 0 Å². The van der Waals surface area contributed by atoms with E-state index in [1.54, 1.807) is 4.68 Å². The molecule has 0 spiro atoms. The maximum atomic E-state index is 13.0. The van der Waals surface area contributed by atoms with Crippen molar-refractivity contribution in [3.8, 4) is 11.3 Å². The lowest BCUT2D eigenvalue weighted by atomic mass is 10.1. The van der Waals surface area contributed by atoms with Crippen LogP contribution in [0.2, 0.25) is 0 Å². The van der Waals surface area contributed by atoms with Gasteiger partial charge in [-0.3, -0.25) is 14.3 Å². The van der Waals surface area contributed by atoms with Crippen LogP contribution >= 0.6 is 0 Å². The van der Waals surface area contributed by atoms with Crippen LogP contribution in [0, 0.1) is 5.82 Å². The normalized spacial score (nSPS) is 14.2. The minimum Gasteiger partial charge on any atom is -0.365 e. The third kappa shape index (κ3) is 2.20. The van der Waals surface area contributed by atoms with Gasteiger partial charge >= 0.3 is 0 Å². The Kier molecular flexibility index (Phi) is 2.85. The van der Waals surface area contributed by atoms with Crippen LogP contribution < -0.4 is 11.2 Å². The Morgan fingerprint density at radius 1 is 1.30 bits per heavy atom. The van der Waals surface area contributed by atoms with Gasteiger partial charge in [0.15, 0.2) is 0 Å². The van der Waals surface area contributed by atoms with E-state index < -0.39 is 17.2 Å². The molecule has 1 saturated carbocycles. The number of nitrogens with zero attached hydrogens (tertiary/aromatic N) is 2. The van der Waals surface area contributed by atoms with Gasteiger partial charge in [-0.2, -0.15) is 5.10 Å². The Balaban J connectivity index is 2.20. The van der Waals surface area contributed by atoms with Crippen molar-refractivity contribution in [2.45, 2.75) is 18.9 Å². The monoisotopic (exact) mass is 273 g/mol. The molecule has 0 bridgehead atoms. The van der Waals surface area contributed by atoms with Gasteiger partial charge in [-0.1, -0.05) is 0 Å². The van der Waals surface area contributed by atoms with Gasteiger partial charge in [-0.05, 0) is 37.1 Å². The number of rotatable bonds is 3. The van der Waals surface area contributed by atoms with Crippen molar-refractivity contribution in [2.75, 3.05) is 0 Å². The highest BCUT2D eigenvalue weighted by molar-refractivity contribution is 5.93. The molecule has 2 N–H and O–H groups in total. The molecule has 1 amide bonds. The van der Waals surface area contributed by atoms with Gasteiger partial charge in [-0.15, -0.1) is 0 Å². The van der Waals surface area contributed by atoms with Gasteiger partial charge in [-0.25, -0.2) is 4.39 Å². The number of benzene rings is 1. The summed E-state index contributed by atoms with van der Waals surface area (Å²) in [5.74, 6) is -1.18. The van der Waals surface area contributed by atoms with E-state index in [4.69, 9.17) is 5.73 Å². The number of hydrogen-bond donors (Lipinski definition) is 1. The molecule has 0 unspecified atom stereocenters. The van der Waals surface area contributed by atoms with Gasteiger partial charge in [0.2, 0.25) is 5.43 Å². The highest BCUT2D eigenvalue weighted by atomic mass is 19.1. The lowest BCUT2D eigenvalue weighted by molar-refractivity contribution is 0.0998. The summed E-state index contributed by atoms with van der Waals surface area (Å²) in [7, 11) is 0. The predicted molar refractivity (Wildman–Crippen MR) is 70.7 cm³/mol. The van der Waals surface area contributed by atoms with Crippen LogP contribution in [-0.4, -0.2) is 15.7 Å². The number of amides is 1. The van der Waals surface area contributed by atoms with E-state index in [-0.39, 0.29) is 17.3 Å². The third-order valence-electron chi connectivity index (χ3n) is 3.24. The smallest absolute Gasteiger partial charge is 0.254 e. The van der Waals surface area contributed by atoms with Gasteiger partial charge in [0.05, 0.1) is 6.04 Å². The van der Waals surface area contributed by atoms with E-state index in [0.29, 0.717) is 5.56 Å². The molecule has 6 heteroatoms. The molecule has 0 atom stereocenters. The van der Waals surface area contributed by atoms with Crippen molar-refractivity contribution in [1.29, 1.82) is 0 Å². The molecule has 20 heavy (non-hydrogen) atoms. The van der Waals surface area contributed by atoms with E-state index in [9.17, 15) is 14.0 Å². The summed E-state index contributed by atoms with van der Waals surface area (Å²) in [6.45, 7) is 0. The molecule has 0 aliphatic heterocycles. The first kappa shape index (κ1) is 12.5.